The predicted molar refractivity (Wildman–Crippen MR) is 130 cm³/mol. The number of rotatable bonds is 4. The number of amides is 1. The van der Waals surface area contributed by atoms with E-state index in [0.29, 0.717) is 41.6 Å². The zero-order valence-electron chi connectivity index (χ0n) is 18.8. The number of piperidine rings is 1. The van der Waals surface area contributed by atoms with Gasteiger partial charge >= 0.3 is 0 Å². The summed E-state index contributed by atoms with van der Waals surface area (Å²) in [5, 5.41) is 14.5. The second-order valence-electron chi connectivity index (χ2n) is 8.56. The first-order valence-corrected chi connectivity index (χ1v) is 12.9. The first kappa shape index (κ1) is 22.7. The van der Waals surface area contributed by atoms with Gasteiger partial charge in [-0.05, 0) is 54.8 Å². The highest BCUT2D eigenvalue weighted by Gasteiger charge is 2.33. The Kier molecular flexibility index (Phi) is 5.61. The Labute approximate surface area is 201 Å². The first-order valence-electron chi connectivity index (χ1n) is 11.1. The van der Waals surface area contributed by atoms with Gasteiger partial charge in [0, 0.05) is 23.8 Å². The van der Waals surface area contributed by atoms with Gasteiger partial charge in [0.15, 0.2) is 9.84 Å². The van der Waals surface area contributed by atoms with E-state index in [1.165, 1.54) is 23.1 Å². The van der Waals surface area contributed by atoms with Crippen molar-refractivity contribution in [1.82, 2.24) is 9.78 Å². The Morgan fingerprint density at radius 3 is 2.66 bits per heavy atom. The number of anilines is 1. The van der Waals surface area contributed by atoms with Crippen molar-refractivity contribution in [1.29, 1.82) is 5.26 Å². The molecule has 35 heavy (non-hydrogen) atoms. The molecule has 1 fully saturated rings. The Morgan fingerprint density at radius 2 is 1.91 bits per heavy atom. The van der Waals surface area contributed by atoms with Crippen LogP contribution in [0.1, 0.15) is 24.4 Å². The van der Waals surface area contributed by atoms with Crippen molar-refractivity contribution in [3.63, 3.8) is 0 Å². The van der Waals surface area contributed by atoms with Gasteiger partial charge in [0.05, 0.1) is 33.9 Å². The number of nitrogens with zero attached hydrogens (tertiary/aromatic N) is 4. The molecule has 0 radical (unpaired) electrons. The van der Waals surface area contributed by atoms with Crippen LogP contribution in [-0.4, -0.2) is 36.9 Å². The van der Waals surface area contributed by atoms with Crippen molar-refractivity contribution in [2.45, 2.75) is 23.8 Å². The molecule has 7 nitrogen and oxygen atoms in total. The highest BCUT2D eigenvalue weighted by molar-refractivity contribution is 7.90. The molecule has 2 heterocycles. The Bertz CT molecular complexity index is 1620. The first-order chi connectivity index (χ1) is 16.8. The van der Waals surface area contributed by atoms with Crippen LogP contribution in [0.15, 0.2) is 71.8 Å². The van der Waals surface area contributed by atoms with E-state index in [9.17, 15) is 18.5 Å². The minimum Gasteiger partial charge on any atom is -0.308 e. The molecule has 0 spiro atoms. The van der Waals surface area contributed by atoms with Crippen LogP contribution in [0, 0.1) is 17.1 Å². The number of fused-ring (bicyclic) bond motifs is 1. The van der Waals surface area contributed by atoms with Gasteiger partial charge < -0.3 is 4.90 Å². The van der Waals surface area contributed by atoms with Crippen molar-refractivity contribution in [3.05, 3.63) is 78.2 Å². The SMILES string of the molecule is CS(=O)(=O)c1ccccc1-c1ccc(N2CCCC(n3ncc4ccc(C#N)cc43)C2=O)c(F)c1. The van der Waals surface area contributed by atoms with Gasteiger partial charge in [-0.2, -0.15) is 10.4 Å². The van der Waals surface area contributed by atoms with E-state index < -0.39 is 21.7 Å². The number of aromatic nitrogens is 2. The maximum absolute atomic E-state index is 15.3. The summed E-state index contributed by atoms with van der Waals surface area (Å²) in [5.74, 6) is -0.899. The molecule has 1 aromatic heterocycles. The molecular weight excluding hydrogens is 467 g/mol. The second-order valence-corrected chi connectivity index (χ2v) is 10.5. The van der Waals surface area contributed by atoms with Gasteiger partial charge in [0.1, 0.15) is 11.9 Å². The normalized spacial score (nSPS) is 16.4. The molecule has 0 bridgehead atoms. The van der Waals surface area contributed by atoms with Crippen molar-refractivity contribution in [2.24, 2.45) is 0 Å². The number of halogens is 1. The summed E-state index contributed by atoms with van der Waals surface area (Å²) in [4.78, 5) is 15.0. The van der Waals surface area contributed by atoms with E-state index in [1.807, 2.05) is 0 Å². The van der Waals surface area contributed by atoms with Crippen LogP contribution >= 0.6 is 0 Å². The van der Waals surface area contributed by atoms with E-state index >= 15 is 4.39 Å². The molecule has 4 aromatic rings. The average molecular weight is 489 g/mol. The zero-order chi connectivity index (χ0) is 24.7. The lowest BCUT2D eigenvalue weighted by Crippen LogP contribution is -2.43. The van der Waals surface area contributed by atoms with Crippen molar-refractivity contribution < 1.29 is 17.6 Å². The molecule has 1 unspecified atom stereocenters. The number of carbonyl (C=O) groups is 1. The maximum atomic E-state index is 15.3. The van der Waals surface area contributed by atoms with Gasteiger partial charge in [0.2, 0.25) is 0 Å². The third kappa shape index (κ3) is 4.06. The van der Waals surface area contributed by atoms with Gasteiger partial charge in [-0.3, -0.25) is 9.48 Å². The Balaban J connectivity index is 1.50. The smallest absolute Gasteiger partial charge is 0.251 e. The summed E-state index contributed by atoms with van der Waals surface area (Å²) < 4.78 is 41.3. The van der Waals surface area contributed by atoms with Crippen molar-refractivity contribution in [2.75, 3.05) is 17.7 Å². The van der Waals surface area contributed by atoms with Crippen LogP contribution in [0.4, 0.5) is 10.1 Å². The van der Waals surface area contributed by atoms with Crippen LogP contribution in [-0.2, 0) is 14.6 Å². The van der Waals surface area contributed by atoms with Crippen LogP contribution in [0.2, 0.25) is 0 Å². The molecule has 1 saturated heterocycles. The summed E-state index contributed by atoms with van der Waals surface area (Å²) in [6.45, 7) is 0.355. The third-order valence-corrected chi connectivity index (χ3v) is 7.42. The highest BCUT2D eigenvalue weighted by atomic mass is 32.2. The average Bonchev–Trinajstić information content (AvgIpc) is 3.27. The van der Waals surface area contributed by atoms with E-state index in [0.717, 1.165) is 11.6 Å². The molecule has 1 atom stereocenters. The van der Waals surface area contributed by atoms with Crippen LogP contribution < -0.4 is 4.90 Å². The Morgan fingerprint density at radius 1 is 1.11 bits per heavy atom. The molecule has 3 aromatic carbocycles. The van der Waals surface area contributed by atoms with Crippen LogP contribution in [0.25, 0.3) is 22.0 Å². The van der Waals surface area contributed by atoms with Gasteiger partial charge in [-0.15, -0.1) is 0 Å². The third-order valence-electron chi connectivity index (χ3n) is 6.27. The van der Waals surface area contributed by atoms with E-state index in [1.54, 1.807) is 53.3 Å². The van der Waals surface area contributed by atoms with Gasteiger partial charge in [-0.25, -0.2) is 12.8 Å². The maximum Gasteiger partial charge on any atom is 0.251 e. The number of sulfone groups is 1. The molecule has 0 saturated carbocycles. The summed E-state index contributed by atoms with van der Waals surface area (Å²) in [5.41, 5.74) is 2.09. The number of hydrogen-bond acceptors (Lipinski definition) is 5. The van der Waals surface area contributed by atoms with Gasteiger partial charge in [0.25, 0.3) is 5.91 Å². The molecule has 9 heteroatoms. The molecule has 5 rings (SSSR count). The molecule has 0 N–H and O–H groups in total. The van der Waals surface area contributed by atoms with Crippen LogP contribution in [0.5, 0.6) is 0 Å². The molecule has 1 aliphatic rings. The zero-order valence-corrected chi connectivity index (χ0v) is 19.7. The second kappa shape index (κ2) is 8.64. The topological polar surface area (TPSA) is 96.1 Å². The van der Waals surface area contributed by atoms with E-state index in [2.05, 4.69) is 11.2 Å². The summed E-state index contributed by atoms with van der Waals surface area (Å²) in [6.07, 6.45) is 3.96. The fourth-order valence-corrected chi connectivity index (χ4v) is 5.51. The number of hydrogen-bond donors (Lipinski definition) is 0. The summed E-state index contributed by atoms with van der Waals surface area (Å²) >= 11 is 0. The minimum absolute atomic E-state index is 0.114. The fourth-order valence-electron chi connectivity index (χ4n) is 4.60. The largest absolute Gasteiger partial charge is 0.308 e. The quantitative estimate of drug-likeness (QED) is 0.422. The van der Waals surface area contributed by atoms with Crippen molar-refractivity contribution >= 4 is 32.3 Å². The summed E-state index contributed by atoms with van der Waals surface area (Å²) in [7, 11) is -3.51. The summed E-state index contributed by atoms with van der Waals surface area (Å²) in [6, 6.07) is 17.5. The minimum atomic E-state index is -3.51. The van der Waals surface area contributed by atoms with Gasteiger partial charge in [-0.1, -0.05) is 24.3 Å². The van der Waals surface area contributed by atoms with E-state index in [-0.39, 0.29) is 16.5 Å². The fraction of sp³-hybridized carbons (Fsp3) is 0.192. The Hall–Kier alpha value is -4.03. The molecular formula is C26H21FN4O3S. The molecule has 1 amide bonds. The standard InChI is InChI=1S/C26H21FN4O3S/c1-35(33,34)25-7-3-2-5-20(25)18-10-11-22(21(27)14-18)30-12-4-6-23(26(30)32)31-24-13-17(15-28)8-9-19(24)16-29-31/h2-3,5,7-11,13-14,16,23H,4,6,12H2,1H3. The number of benzene rings is 3. The van der Waals surface area contributed by atoms with E-state index in [4.69, 9.17) is 0 Å². The highest BCUT2D eigenvalue weighted by Crippen LogP contribution is 2.34. The predicted octanol–water partition coefficient (Wildman–Crippen LogP) is 4.49. The van der Waals surface area contributed by atoms with Crippen molar-refractivity contribution in [3.8, 4) is 17.2 Å². The lowest BCUT2D eigenvalue weighted by Gasteiger charge is -2.33. The van der Waals surface area contributed by atoms with Crippen LogP contribution in [0.3, 0.4) is 0 Å². The monoisotopic (exact) mass is 488 g/mol. The number of nitriles is 1. The number of carbonyl (C=O) groups excluding carboxylic acids is 1. The molecule has 0 aliphatic carbocycles. The lowest BCUT2D eigenvalue weighted by molar-refractivity contribution is -0.123. The lowest BCUT2D eigenvalue weighted by atomic mass is 10.0. The molecule has 176 valence electrons. The molecule has 1 aliphatic heterocycles.